The van der Waals surface area contributed by atoms with E-state index in [1.54, 1.807) is 24.3 Å². The first-order chi connectivity index (χ1) is 15.9. The molecule has 7 nitrogen and oxygen atoms in total. The van der Waals surface area contributed by atoms with Crippen LogP contribution in [0.5, 0.6) is 0 Å². The lowest BCUT2D eigenvalue weighted by Gasteiger charge is -2.26. The molecule has 3 rings (SSSR count). The normalized spacial score (nSPS) is 17.9. The highest BCUT2D eigenvalue weighted by atomic mass is 79.9. The Balaban J connectivity index is 2.07. The number of alkyl halides is 3. The number of urea groups is 1. The van der Waals surface area contributed by atoms with E-state index in [0.29, 0.717) is 5.69 Å². The first kappa shape index (κ1) is 25.7. The summed E-state index contributed by atoms with van der Waals surface area (Å²) in [5.41, 5.74) is -2.99. The van der Waals surface area contributed by atoms with Gasteiger partial charge in [0.05, 0.1) is 29.4 Å². The lowest BCUT2D eigenvalue weighted by atomic mass is 9.77. The third-order valence-electron chi connectivity index (χ3n) is 5.11. The topological polar surface area (TPSA) is 88.1 Å². The van der Waals surface area contributed by atoms with Gasteiger partial charge in [-0.15, -0.1) is 0 Å². The van der Waals surface area contributed by atoms with E-state index in [0.717, 1.165) is 34.6 Å². The van der Waals surface area contributed by atoms with Gasteiger partial charge in [-0.25, -0.2) is 9.80 Å². The minimum Gasteiger partial charge on any atom is -0.465 e. The van der Waals surface area contributed by atoms with Crippen molar-refractivity contribution in [3.8, 4) is 0 Å². The van der Waals surface area contributed by atoms with E-state index in [9.17, 15) is 27.6 Å². The van der Waals surface area contributed by atoms with E-state index in [-0.39, 0.29) is 17.9 Å². The Bertz CT molecular complexity index is 1170. The van der Waals surface area contributed by atoms with Gasteiger partial charge >= 0.3 is 18.2 Å². The highest BCUT2D eigenvalue weighted by Crippen LogP contribution is 2.39. The van der Waals surface area contributed by atoms with Crippen LogP contribution in [0, 0.1) is 5.41 Å². The van der Waals surface area contributed by atoms with Crippen LogP contribution in [0.4, 0.5) is 23.7 Å². The largest absolute Gasteiger partial charge is 0.465 e. The molecule has 1 unspecified atom stereocenters. The molecule has 1 atom stereocenters. The summed E-state index contributed by atoms with van der Waals surface area (Å²) in [6.45, 7) is 2.08. The van der Waals surface area contributed by atoms with Crippen LogP contribution in [0.25, 0.3) is 0 Å². The van der Waals surface area contributed by atoms with E-state index in [4.69, 9.17) is 16.3 Å². The molecular weight excluding hydrogens is 543 g/mol. The number of nitrogens with zero attached hydrogens (tertiary/aromatic N) is 2. The molecule has 34 heavy (non-hydrogen) atoms. The highest BCUT2D eigenvalue weighted by molar-refractivity contribution is 9.10. The summed E-state index contributed by atoms with van der Waals surface area (Å²) < 4.78 is 45.4. The summed E-state index contributed by atoms with van der Waals surface area (Å²) >= 11 is 9.13. The van der Waals surface area contributed by atoms with Gasteiger partial charge in [0.15, 0.2) is 11.2 Å². The number of ketones is 1. The Hall–Kier alpha value is -2.92. The number of hydrazone groups is 1. The van der Waals surface area contributed by atoms with Crippen molar-refractivity contribution >= 4 is 56.7 Å². The van der Waals surface area contributed by atoms with Crippen LogP contribution in [0.3, 0.4) is 0 Å². The molecule has 2 aromatic rings. The predicted molar refractivity (Wildman–Crippen MR) is 123 cm³/mol. The van der Waals surface area contributed by atoms with Crippen molar-refractivity contribution < 1.29 is 32.3 Å². The molecule has 1 aliphatic heterocycles. The second kappa shape index (κ2) is 9.75. The maximum Gasteiger partial charge on any atom is 0.417 e. The number of Topliss-reactive ketones (excluding diaryl/α,β-unsaturated/α-hetero) is 1. The van der Waals surface area contributed by atoms with Gasteiger partial charge in [-0.05, 0) is 50.2 Å². The fraction of sp³-hybridized carbons (Fsp3) is 0.273. The third kappa shape index (κ3) is 4.95. The lowest BCUT2D eigenvalue weighted by molar-refractivity contribution is -0.154. The number of rotatable bonds is 5. The van der Waals surface area contributed by atoms with Crippen LogP contribution in [-0.4, -0.2) is 41.7 Å². The summed E-state index contributed by atoms with van der Waals surface area (Å²) in [5, 5.41) is 6.96. The van der Waals surface area contributed by atoms with Crippen molar-refractivity contribution in [3.05, 3.63) is 63.1 Å². The molecule has 1 aliphatic rings. The van der Waals surface area contributed by atoms with Gasteiger partial charge in [-0.3, -0.25) is 9.59 Å². The number of benzene rings is 2. The molecular formula is C22H18BrClF3N3O4. The van der Waals surface area contributed by atoms with Crippen molar-refractivity contribution in [1.82, 2.24) is 5.01 Å². The Labute approximate surface area is 206 Å². The second-order valence-electron chi connectivity index (χ2n) is 7.32. The average molecular weight is 561 g/mol. The van der Waals surface area contributed by atoms with Gasteiger partial charge < -0.3 is 10.1 Å². The number of amides is 2. The molecule has 2 amide bonds. The number of hydrogen-bond donors (Lipinski definition) is 1. The number of carbonyl (C=O) groups excluding carboxylic acids is 3. The summed E-state index contributed by atoms with van der Waals surface area (Å²) in [4.78, 5) is 38.6. The van der Waals surface area contributed by atoms with Gasteiger partial charge in [0, 0.05) is 15.7 Å². The molecule has 0 saturated carbocycles. The number of esters is 1. The van der Waals surface area contributed by atoms with E-state index >= 15 is 0 Å². The molecule has 0 aromatic heterocycles. The zero-order chi connectivity index (χ0) is 25.3. The number of anilines is 1. The maximum absolute atomic E-state index is 13.2. The Morgan fingerprint density at radius 1 is 1.21 bits per heavy atom. The number of carbonyl (C=O) groups is 3. The zero-order valence-electron chi connectivity index (χ0n) is 17.9. The Morgan fingerprint density at radius 2 is 1.85 bits per heavy atom. The molecule has 0 saturated heterocycles. The van der Waals surface area contributed by atoms with Crippen LogP contribution in [0.1, 0.15) is 25.0 Å². The molecule has 0 radical (unpaired) electrons. The smallest absolute Gasteiger partial charge is 0.417 e. The van der Waals surface area contributed by atoms with Crippen molar-refractivity contribution in [3.63, 3.8) is 0 Å². The fourth-order valence-corrected chi connectivity index (χ4v) is 3.97. The van der Waals surface area contributed by atoms with Crippen molar-refractivity contribution in [2.24, 2.45) is 10.5 Å². The minimum atomic E-state index is -4.71. The quantitative estimate of drug-likeness (QED) is 0.386. The van der Waals surface area contributed by atoms with Crippen LogP contribution in [0.15, 0.2) is 52.0 Å². The average Bonchev–Trinajstić information content (AvgIpc) is 3.17. The predicted octanol–water partition coefficient (Wildman–Crippen LogP) is 5.51. The van der Waals surface area contributed by atoms with Crippen LogP contribution in [0.2, 0.25) is 5.02 Å². The number of ether oxygens (including phenoxy) is 1. The van der Waals surface area contributed by atoms with Crippen molar-refractivity contribution in [1.29, 1.82) is 0 Å². The van der Waals surface area contributed by atoms with Gasteiger partial charge in [-0.1, -0.05) is 33.6 Å². The lowest BCUT2D eigenvalue weighted by Crippen LogP contribution is -2.49. The van der Waals surface area contributed by atoms with E-state index < -0.39 is 46.5 Å². The first-order valence-electron chi connectivity index (χ1n) is 9.88. The van der Waals surface area contributed by atoms with Gasteiger partial charge in [0.2, 0.25) is 0 Å². The fourth-order valence-electron chi connectivity index (χ4n) is 3.41. The minimum absolute atomic E-state index is 0.0276. The van der Waals surface area contributed by atoms with Gasteiger partial charge in [0.25, 0.3) is 0 Å². The third-order valence-corrected chi connectivity index (χ3v) is 5.96. The number of nitrogens with one attached hydrogen (secondary N) is 1. The molecule has 2 aromatic carbocycles. The standard InChI is InChI=1S/C22H18BrClF3N3O4/c1-3-34-19(32)21(12(2)31)11-30(20(33)28-15-7-5-14(23)6-8-15)29-18(21)13-4-9-16(17(24)10-13)22(25,26)27/h4-10H,3,11H2,1-2H3,(H,28,33). The second-order valence-corrected chi connectivity index (χ2v) is 8.64. The molecule has 0 fully saturated rings. The summed E-state index contributed by atoms with van der Waals surface area (Å²) in [7, 11) is 0. The molecule has 180 valence electrons. The molecule has 0 spiro atoms. The van der Waals surface area contributed by atoms with Crippen LogP contribution in [-0.2, 0) is 20.5 Å². The van der Waals surface area contributed by atoms with E-state index in [1.165, 1.54) is 6.92 Å². The maximum atomic E-state index is 13.2. The summed E-state index contributed by atoms with van der Waals surface area (Å²) in [5.74, 6) is -1.67. The first-order valence-corrected chi connectivity index (χ1v) is 11.1. The highest BCUT2D eigenvalue weighted by Gasteiger charge is 2.56. The van der Waals surface area contributed by atoms with Gasteiger partial charge in [-0.2, -0.15) is 18.3 Å². The van der Waals surface area contributed by atoms with Crippen LogP contribution < -0.4 is 5.32 Å². The van der Waals surface area contributed by atoms with E-state index in [1.807, 2.05) is 0 Å². The molecule has 12 heteroatoms. The molecule has 1 heterocycles. The van der Waals surface area contributed by atoms with Crippen molar-refractivity contribution in [2.75, 3.05) is 18.5 Å². The van der Waals surface area contributed by atoms with Gasteiger partial charge in [0.1, 0.15) is 0 Å². The monoisotopic (exact) mass is 559 g/mol. The summed E-state index contributed by atoms with van der Waals surface area (Å²) in [6.07, 6.45) is -4.71. The van der Waals surface area contributed by atoms with E-state index in [2.05, 4.69) is 26.3 Å². The van der Waals surface area contributed by atoms with Crippen LogP contribution >= 0.6 is 27.5 Å². The zero-order valence-corrected chi connectivity index (χ0v) is 20.2. The number of halogens is 5. The summed E-state index contributed by atoms with van der Waals surface area (Å²) in [6, 6.07) is 8.57. The molecule has 0 bridgehead atoms. The number of hydrogen-bond acceptors (Lipinski definition) is 5. The Morgan fingerprint density at radius 3 is 2.38 bits per heavy atom. The molecule has 0 aliphatic carbocycles. The Kier molecular flexibility index (Phi) is 7.37. The molecule has 1 N–H and O–H groups in total. The SMILES string of the molecule is CCOC(=O)C1(C(C)=O)CN(C(=O)Nc2ccc(Br)cc2)N=C1c1ccc(C(F)(F)F)c(Cl)c1. The van der Waals surface area contributed by atoms with Crippen molar-refractivity contribution in [2.45, 2.75) is 20.0 Å².